The van der Waals surface area contributed by atoms with E-state index in [-0.39, 0.29) is 11.7 Å². The van der Waals surface area contributed by atoms with Crippen LogP contribution in [0, 0.1) is 0 Å². The number of anilines is 1. The molecule has 3 rings (SSSR count). The number of carbonyl (C=O) groups excluding carboxylic acids is 1. The van der Waals surface area contributed by atoms with E-state index in [0.717, 1.165) is 5.56 Å². The number of pyridine rings is 2. The number of aromatic nitrogens is 2. The number of hydrogen-bond acceptors (Lipinski definition) is 4. The number of nitrogens with one attached hydrogen (secondary N) is 1. The fraction of sp³-hybridized carbons (Fsp3) is 0. The molecule has 1 amide bonds. The molecule has 0 aromatic carbocycles. The molecule has 0 saturated carbocycles. The number of carbonyl (C=O) groups is 1. The van der Waals surface area contributed by atoms with Gasteiger partial charge in [-0.3, -0.25) is 14.8 Å². The van der Waals surface area contributed by atoms with Crippen molar-refractivity contribution in [1.29, 1.82) is 0 Å². The molecule has 3 heterocycles. The number of hydrogen-bond donors (Lipinski definition) is 1. The third kappa shape index (κ3) is 2.56. The van der Waals surface area contributed by atoms with Crippen molar-refractivity contribution in [3.05, 3.63) is 66.9 Å². The normalized spacial score (nSPS) is 10.2. The van der Waals surface area contributed by atoms with E-state index in [4.69, 9.17) is 4.42 Å². The van der Waals surface area contributed by atoms with Crippen LogP contribution >= 0.6 is 0 Å². The molecule has 3 aromatic rings. The molecule has 0 unspecified atom stereocenters. The van der Waals surface area contributed by atoms with Gasteiger partial charge in [0.15, 0.2) is 5.76 Å². The fourth-order valence-corrected chi connectivity index (χ4v) is 1.76. The van der Waals surface area contributed by atoms with Crippen LogP contribution in [0.2, 0.25) is 0 Å². The average Bonchev–Trinajstić information content (AvgIpc) is 2.99. The standard InChI is InChI=1S/C15H11N3O2/c19-15(18-12-2-1-7-17-10-12)14-4-3-13(20-14)11-5-8-16-9-6-11/h1-10H,(H,18,19). The molecule has 5 nitrogen and oxygen atoms in total. The van der Waals surface area contributed by atoms with Crippen molar-refractivity contribution in [2.45, 2.75) is 0 Å². The second kappa shape index (κ2) is 5.36. The lowest BCUT2D eigenvalue weighted by Gasteiger charge is -2.01. The summed E-state index contributed by atoms with van der Waals surface area (Å²) in [7, 11) is 0. The van der Waals surface area contributed by atoms with Crippen LogP contribution < -0.4 is 5.32 Å². The number of furan rings is 1. The molecule has 0 radical (unpaired) electrons. The van der Waals surface area contributed by atoms with Crippen LogP contribution in [-0.4, -0.2) is 15.9 Å². The predicted octanol–water partition coefficient (Wildman–Crippen LogP) is 2.99. The highest BCUT2D eigenvalue weighted by Gasteiger charge is 2.12. The summed E-state index contributed by atoms with van der Waals surface area (Å²) in [5.74, 6) is 0.572. The minimum Gasteiger partial charge on any atom is -0.451 e. The van der Waals surface area contributed by atoms with Crippen molar-refractivity contribution in [2.75, 3.05) is 5.32 Å². The summed E-state index contributed by atoms with van der Waals surface area (Å²) in [6.07, 6.45) is 6.56. The summed E-state index contributed by atoms with van der Waals surface area (Å²) < 4.78 is 5.54. The Balaban J connectivity index is 1.79. The van der Waals surface area contributed by atoms with Crippen LogP contribution in [0.25, 0.3) is 11.3 Å². The van der Waals surface area contributed by atoms with E-state index < -0.39 is 0 Å². The van der Waals surface area contributed by atoms with Crippen molar-refractivity contribution in [2.24, 2.45) is 0 Å². The smallest absolute Gasteiger partial charge is 0.291 e. The molecule has 0 spiro atoms. The molecular formula is C15H11N3O2. The second-order valence-electron chi connectivity index (χ2n) is 4.10. The van der Waals surface area contributed by atoms with E-state index in [2.05, 4.69) is 15.3 Å². The molecular weight excluding hydrogens is 254 g/mol. The Labute approximate surface area is 115 Å². The van der Waals surface area contributed by atoms with Gasteiger partial charge in [0.2, 0.25) is 0 Å². The van der Waals surface area contributed by atoms with Crippen LogP contribution in [0.3, 0.4) is 0 Å². The van der Waals surface area contributed by atoms with Gasteiger partial charge in [0.25, 0.3) is 5.91 Å². The van der Waals surface area contributed by atoms with E-state index in [0.29, 0.717) is 11.4 Å². The van der Waals surface area contributed by atoms with Gasteiger partial charge in [-0.1, -0.05) is 0 Å². The van der Waals surface area contributed by atoms with E-state index in [1.807, 2.05) is 12.1 Å². The molecule has 0 fully saturated rings. The van der Waals surface area contributed by atoms with Crippen LogP contribution in [0.4, 0.5) is 5.69 Å². The first-order chi connectivity index (χ1) is 9.83. The molecule has 0 aliphatic heterocycles. The average molecular weight is 265 g/mol. The minimum atomic E-state index is -0.307. The lowest BCUT2D eigenvalue weighted by molar-refractivity contribution is 0.0997. The Morgan fingerprint density at radius 1 is 1.00 bits per heavy atom. The SMILES string of the molecule is O=C(Nc1cccnc1)c1ccc(-c2ccncc2)o1. The van der Waals surface area contributed by atoms with Gasteiger partial charge in [-0.15, -0.1) is 0 Å². The summed E-state index contributed by atoms with van der Waals surface area (Å²) in [5.41, 5.74) is 1.50. The van der Waals surface area contributed by atoms with Crippen LogP contribution in [0.15, 0.2) is 65.6 Å². The monoisotopic (exact) mass is 265 g/mol. The molecule has 98 valence electrons. The van der Waals surface area contributed by atoms with E-state index >= 15 is 0 Å². The van der Waals surface area contributed by atoms with Crippen LogP contribution in [0.5, 0.6) is 0 Å². The zero-order chi connectivity index (χ0) is 13.8. The predicted molar refractivity (Wildman–Crippen MR) is 74.1 cm³/mol. The van der Waals surface area contributed by atoms with Gasteiger partial charge in [-0.2, -0.15) is 0 Å². The maximum absolute atomic E-state index is 12.0. The molecule has 1 N–H and O–H groups in total. The highest BCUT2D eigenvalue weighted by Crippen LogP contribution is 2.21. The zero-order valence-electron chi connectivity index (χ0n) is 10.5. The van der Waals surface area contributed by atoms with Gasteiger partial charge < -0.3 is 9.73 Å². The van der Waals surface area contributed by atoms with Crippen LogP contribution in [-0.2, 0) is 0 Å². The molecule has 5 heteroatoms. The van der Waals surface area contributed by atoms with Crippen molar-refractivity contribution < 1.29 is 9.21 Å². The van der Waals surface area contributed by atoms with Crippen molar-refractivity contribution in [3.63, 3.8) is 0 Å². The van der Waals surface area contributed by atoms with Crippen molar-refractivity contribution in [3.8, 4) is 11.3 Å². The maximum atomic E-state index is 12.0. The Hall–Kier alpha value is -2.95. The lowest BCUT2D eigenvalue weighted by atomic mass is 10.2. The number of rotatable bonds is 3. The Kier molecular flexibility index (Phi) is 3.24. The molecule has 0 saturated heterocycles. The quantitative estimate of drug-likeness (QED) is 0.790. The van der Waals surface area contributed by atoms with Gasteiger partial charge in [0, 0.05) is 24.2 Å². The van der Waals surface area contributed by atoms with Gasteiger partial charge in [0.05, 0.1) is 11.9 Å². The molecule has 20 heavy (non-hydrogen) atoms. The highest BCUT2D eigenvalue weighted by molar-refractivity contribution is 6.02. The highest BCUT2D eigenvalue weighted by atomic mass is 16.3. The number of nitrogens with zero attached hydrogens (tertiary/aromatic N) is 2. The summed E-state index contributed by atoms with van der Waals surface area (Å²) in [6.45, 7) is 0. The topological polar surface area (TPSA) is 68.0 Å². The van der Waals surface area contributed by atoms with Gasteiger partial charge in [0.1, 0.15) is 5.76 Å². The first-order valence-corrected chi connectivity index (χ1v) is 6.04. The van der Waals surface area contributed by atoms with Gasteiger partial charge >= 0.3 is 0 Å². The summed E-state index contributed by atoms with van der Waals surface area (Å²) >= 11 is 0. The third-order valence-electron chi connectivity index (χ3n) is 2.71. The van der Waals surface area contributed by atoms with Gasteiger partial charge in [-0.05, 0) is 36.4 Å². The zero-order valence-corrected chi connectivity index (χ0v) is 10.5. The Morgan fingerprint density at radius 3 is 2.60 bits per heavy atom. The lowest BCUT2D eigenvalue weighted by Crippen LogP contribution is -2.10. The largest absolute Gasteiger partial charge is 0.451 e. The first kappa shape index (κ1) is 12.1. The first-order valence-electron chi connectivity index (χ1n) is 6.04. The molecule has 3 aromatic heterocycles. The van der Waals surface area contributed by atoms with Crippen LogP contribution in [0.1, 0.15) is 10.6 Å². The summed E-state index contributed by atoms with van der Waals surface area (Å²) in [5, 5.41) is 2.72. The van der Waals surface area contributed by atoms with E-state index in [1.54, 1.807) is 49.1 Å². The third-order valence-corrected chi connectivity index (χ3v) is 2.71. The fourth-order valence-electron chi connectivity index (χ4n) is 1.76. The molecule has 0 bridgehead atoms. The maximum Gasteiger partial charge on any atom is 0.291 e. The minimum absolute atomic E-state index is 0.251. The Morgan fingerprint density at radius 2 is 1.85 bits per heavy atom. The second-order valence-corrected chi connectivity index (χ2v) is 4.10. The van der Waals surface area contributed by atoms with E-state index in [9.17, 15) is 4.79 Å². The van der Waals surface area contributed by atoms with Crippen molar-refractivity contribution in [1.82, 2.24) is 9.97 Å². The molecule has 0 aliphatic rings. The van der Waals surface area contributed by atoms with E-state index in [1.165, 1.54) is 0 Å². The summed E-state index contributed by atoms with van der Waals surface area (Å²) in [6, 6.07) is 10.6. The summed E-state index contributed by atoms with van der Waals surface area (Å²) in [4.78, 5) is 19.9. The number of amides is 1. The van der Waals surface area contributed by atoms with Gasteiger partial charge in [-0.25, -0.2) is 0 Å². The van der Waals surface area contributed by atoms with Crippen molar-refractivity contribution >= 4 is 11.6 Å². The Bertz CT molecular complexity index is 708. The molecule has 0 atom stereocenters. The molecule has 0 aliphatic carbocycles.